The van der Waals surface area contributed by atoms with E-state index in [1.807, 2.05) is 0 Å². The predicted molar refractivity (Wildman–Crippen MR) is 45.0 cm³/mol. The Kier molecular flexibility index (Phi) is 3.49. The highest BCUT2D eigenvalue weighted by Gasteiger charge is 2.16. The van der Waals surface area contributed by atoms with Gasteiger partial charge in [0.1, 0.15) is 0 Å². The largest absolute Gasteiger partial charge is 0.448 e. The third-order valence-electron chi connectivity index (χ3n) is 0.447. The Labute approximate surface area is 61.9 Å². The molecule has 0 saturated carbocycles. The molecule has 0 N–H and O–H groups in total. The van der Waals surface area contributed by atoms with Gasteiger partial charge in [-0.3, -0.25) is 0 Å². The predicted octanol–water partition coefficient (Wildman–Crippen LogP) is 2.35. The molecule has 1 nitrogen and oxygen atoms in total. The van der Waals surface area contributed by atoms with Gasteiger partial charge in [0, 0.05) is 0 Å². The normalized spacial score (nSPS) is 12.8. The van der Waals surface area contributed by atoms with Crippen molar-refractivity contribution >= 4 is 31.3 Å². The van der Waals surface area contributed by atoms with Crippen molar-refractivity contribution < 1.29 is 4.12 Å². The molecular formula is C4H12BrOSi2. The molecule has 0 heterocycles. The Morgan fingerprint density at radius 3 is 1.75 bits per heavy atom. The van der Waals surface area contributed by atoms with Crippen molar-refractivity contribution in [3.8, 4) is 0 Å². The fourth-order valence-electron chi connectivity index (χ4n) is 0.422. The highest BCUT2D eigenvalue weighted by atomic mass is 79.9. The number of hydrogen-bond donors (Lipinski definition) is 0. The first-order valence-electron chi connectivity index (χ1n) is 2.60. The van der Waals surface area contributed by atoms with E-state index in [0.717, 1.165) is 0 Å². The summed E-state index contributed by atoms with van der Waals surface area (Å²) in [4.78, 5) is 0. The number of hydrogen-bond acceptors (Lipinski definition) is 1. The number of halogens is 1. The highest BCUT2D eigenvalue weighted by molar-refractivity contribution is 9.24. The molecule has 0 aromatic rings. The molecule has 4 heteroatoms. The second-order valence-electron chi connectivity index (χ2n) is 2.68. The molecule has 49 valence electrons. The molecule has 0 bridgehead atoms. The summed E-state index contributed by atoms with van der Waals surface area (Å²) >= 11 is 3.42. The van der Waals surface area contributed by atoms with E-state index in [1.165, 1.54) is 0 Å². The van der Waals surface area contributed by atoms with Crippen LogP contribution in [0.2, 0.25) is 26.2 Å². The summed E-state index contributed by atoms with van der Waals surface area (Å²) in [6, 6.07) is 0. The molecule has 0 amide bonds. The summed E-state index contributed by atoms with van der Waals surface area (Å²) in [5, 5.41) is 0. The van der Waals surface area contributed by atoms with E-state index in [2.05, 4.69) is 41.5 Å². The molecule has 0 aliphatic carbocycles. The molecule has 0 unspecified atom stereocenters. The first-order valence-corrected chi connectivity index (χ1v) is 10.2. The van der Waals surface area contributed by atoms with Gasteiger partial charge in [-0.15, -0.1) is 0 Å². The summed E-state index contributed by atoms with van der Waals surface area (Å²) in [5.74, 6) is 0. The first-order chi connectivity index (χ1) is 3.42. The maximum atomic E-state index is 5.59. The van der Waals surface area contributed by atoms with Crippen LogP contribution in [0.15, 0.2) is 0 Å². The average Bonchev–Trinajstić information content (AvgIpc) is 1.21. The van der Waals surface area contributed by atoms with Gasteiger partial charge in [0.05, 0.1) is 0 Å². The van der Waals surface area contributed by atoms with Crippen molar-refractivity contribution in [1.29, 1.82) is 0 Å². The van der Waals surface area contributed by atoms with Crippen molar-refractivity contribution in [2.24, 2.45) is 0 Å². The minimum absolute atomic E-state index is 0.618. The van der Waals surface area contributed by atoms with Crippen LogP contribution in [0, 0.1) is 0 Å². The van der Waals surface area contributed by atoms with E-state index in [9.17, 15) is 0 Å². The van der Waals surface area contributed by atoms with E-state index in [0.29, 0.717) is 0 Å². The van der Waals surface area contributed by atoms with Gasteiger partial charge in [-0.2, -0.15) is 0 Å². The van der Waals surface area contributed by atoms with Gasteiger partial charge in [-0.25, -0.2) is 0 Å². The molecule has 0 rings (SSSR count). The van der Waals surface area contributed by atoms with E-state index in [1.54, 1.807) is 0 Å². The maximum Gasteiger partial charge on any atom is 0.278 e. The maximum absolute atomic E-state index is 5.59. The molecular weight excluding hydrogens is 200 g/mol. The summed E-state index contributed by atoms with van der Waals surface area (Å²) in [7, 11) is -1.84. The lowest BCUT2D eigenvalue weighted by atomic mass is 11.8. The van der Waals surface area contributed by atoms with Gasteiger partial charge in [0.25, 0.3) is 7.66 Å². The Bertz CT molecular complexity index is 68.9. The van der Waals surface area contributed by atoms with Gasteiger partial charge in [-0.05, 0) is 26.2 Å². The van der Waals surface area contributed by atoms with Gasteiger partial charge < -0.3 is 4.12 Å². The van der Waals surface area contributed by atoms with Crippen LogP contribution in [0.3, 0.4) is 0 Å². The molecule has 0 aromatic heterocycles. The minimum Gasteiger partial charge on any atom is -0.448 e. The lowest BCUT2D eigenvalue weighted by molar-refractivity contribution is 0.598. The lowest BCUT2D eigenvalue weighted by Crippen LogP contribution is -2.29. The Balaban J connectivity index is 3.39. The standard InChI is InChI=1S/C4H12BrOSi2/c1-7(5)6-8(2,3)4/h1-4H3. The minimum atomic E-state index is -1.22. The zero-order chi connectivity index (χ0) is 6.78. The Morgan fingerprint density at radius 1 is 1.38 bits per heavy atom. The zero-order valence-corrected chi connectivity index (χ0v) is 9.37. The molecule has 0 saturated heterocycles. The molecule has 8 heavy (non-hydrogen) atoms. The van der Waals surface area contributed by atoms with E-state index >= 15 is 0 Å². The van der Waals surface area contributed by atoms with Gasteiger partial charge in [0.2, 0.25) is 0 Å². The van der Waals surface area contributed by atoms with Crippen LogP contribution in [0.1, 0.15) is 0 Å². The van der Waals surface area contributed by atoms with E-state index in [-0.39, 0.29) is 0 Å². The molecule has 0 aliphatic heterocycles. The van der Waals surface area contributed by atoms with Crippen LogP contribution >= 0.6 is 15.3 Å². The quantitative estimate of drug-likeness (QED) is 0.504. The topological polar surface area (TPSA) is 9.23 Å². The SMILES string of the molecule is C[Si](Br)O[Si](C)(C)C. The Hall–Kier alpha value is 0.874. The van der Waals surface area contributed by atoms with E-state index < -0.39 is 16.0 Å². The van der Waals surface area contributed by atoms with Gasteiger partial charge in [-0.1, -0.05) is 15.3 Å². The zero-order valence-electron chi connectivity index (χ0n) is 5.79. The van der Waals surface area contributed by atoms with Crippen molar-refractivity contribution in [2.45, 2.75) is 26.2 Å². The number of rotatable bonds is 2. The van der Waals surface area contributed by atoms with Crippen LogP contribution in [-0.4, -0.2) is 16.0 Å². The third kappa shape index (κ3) is 6.87. The van der Waals surface area contributed by atoms with Gasteiger partial charge >= 0.3 is 0 Å². The fourth-order valence-corrected chi connectivity index (χ4v) is 8.17. The van der Waals surface area contributed by atoms with Crippen LogP contribution in [0.5, 0.6) is 0 Å². The smallest absolute Gasteiger partial charge is 0.278 e. The summed E-state index contributed by atoms with van der Waals surface area (Å²) in [5.41, 5.74) is 0. The van der Waals surface area contributed by atoms with Crippen LogP contribution in [0.25, 0.3) is 0 Å². The highest BCUT2D eigenvalue weighted by Crippen LogP contribution is 2.07. The van der Waals surface area contributed by atoms with Crippen molar-refractivity contribution in [1.82, 2.24) is 0 Å². The summed E-state index contributed by atoms with van der Waals surface area (Å²) < 4.78 is 5.59. The molecule has 1 radical (unpaired) electrons. The van der Waals surface area contributed by atoms with Crippen molar-refractivity contribution in [3.05, 3.63) is 0 Å². The third-order valence-corrected chi connectivity index (χ3v) is 5.48. The summed E-state index contributed by atoms with van der Waals surface area (Å²) in [6.45, 7) is 8.69. The van der Waals surface area contributed by atoms with Gasteiger partial charge in [0.15, 0.2) is 8.32 Å². The summed E-state index contributed by atoms with van der Waals surface area (Å²) in [6.07, 6.45) is 0. The Morgan fingerprint density at radius 2 is 1.75 bits per heavy atom. The lowest BCUT2D eigenvalue weighted by Gasteiger charge is -2.17. The molecule has 0 atom stereocenters. The van der Waals surface area contributed by atoms with Crippen molar-refractivity contribution in [3.63, 3.8) is 0 Å². The van der Waals surface area contributed by atoms with Crippen molar-refractivity contribution in [2.75, 3.05) is 0 Å². The molecule has 0 spiro atoms. The first kappa shape index (κ1) is 8.87. The molecule has 0 fully saturated rings. The van der Waals surface area contributed by atoms with Crippen LogP contribution in [-0.2, 0) is 4.12 Å². The second-order valence-corrected chi connectivity index (χ2v) is 12.0. The molecule has 0 aliphatic rings. The fraction of sp³-hybridized carbons (Fsp3) is 1.00. The van der Waals surface area contributed by atoms with E-state index in [4.69, 9.17) is 4.12 Å². The molecule has 0 aromatic carbocycles. The van der Waals surface area contributed by atoms with Crippen LogP contribution in [0.4, 0.5) is 0 Å². The second kappa shape index (κ2) is 3.15. The van der Waals surface area contributed by atoms with Crippen LogP contribution < -0.4 is 0 Å². The monoisotopic (exact) mass is 211 g/mol. The average molecular weight is 212 g/mol.